The molecule has 0 bridgehead atoms. The Kier molecular flexibility index (Phi) is 0.827. The molecule has 1 rings (SSSR count). The van der Waals surface area contributed by atoms with Crippen LogP contribution in [0.5, 0.6) is 5.75 Å². The molecule has 3 nitrogen and oxygen atoms in total. The molecule has 0 unspecified atom stereocenters. The summed E-state index contributed by atoms with van der Waals surface area (Å²) >= 11 is 0. The van der Waals surface area contributed by atoms with Gasteiger partial charge in [0.25, 0.3) is 0 Å². The lowest BCUT2D eigenvalue weighted by molar-refractivity contribution is 0.403. The molecule has 0 radical (unpaired) electrons. The minimum atomic E-state index is -3.10. The second-order valence-corrected chi connectivity index (χ2v) is 1.97. The molecule has 4 heteroatoms. The first-order valence-electron chi connectivity index (χ1n) is 7.46. The summed E-state index contributed by atoms with van der Waals surface area (Å²) in [7, 11) is -5.58. The molecular formula is C8H11BO3. The Hall–Kier alpha value is -0.995. The molecule has 64 valence electrons. The largest absolute Gasteiger partial charge is 0.497 e. The van der Waals surface area contributed by atoms with Crippen molar-refractivity contribution in [3.05, 3.63) is 23.7 Å². The van der Waals surface area contributed by atoms with Gasteiger partial charge in [-0.3, -0.25) is 0 Å². The predicted molar refractivity (Wildman–Crippen MR) is 47.6 cm³/mol. The summed E-state index contributed by atoms with van der Waals surface area (Å²) in [5.41, 5.74) is -1.85. The third-order valence-corrected chi connectivity index (χ3v) is 1.24. The van der Waals surface area contributed by atoms with Crippen LogP contribution in [0.15, 0.2) is 18.1 Å². The van der Waals surface area contributed by atoms with Crippen LogP contribution in [-0.2, 0) is 0 Å². The molecule has 1 aromatic rings. The van der Waals surface area contributed by atoms with Crippen molar-refractivity contribution < 1.29 is 27.1 Å². The molecule has 0 spiro atoms. The van der Waals surface area contributed by atoms with Gasteiger partial charge in [-0.25, -0.2) is 0 Å². The van der Waals surface area contributed by atoms with E-state index in [9.17, 15) is 10.0 Å². The van der Waals surface area contributed by atoms with E-state index in [0.29, 0.717) is 0 Å². The van der Waals surface area contributed by atoms with Crippen LogP contribution in [-0.4, -0.2) is 24.2 Å². The van der Waals surface area contributed by atoms with E-state index >= 15 is 0 Å². The highest BCUT2D eigenvalue weighted by Gasteiger charge is 2.18. The van der Waals surface area contributed by atoms with Gasteiger partial charge in [0.1, 0.15) is 5.75 Å². The molecule has 0 aliphatic heterocycles. The van der Waals surface area contributed by atoms with Crippen molar-refractivity contribution in [3.63, 3.8) is 0 Å². The molecule has 0 heterocycles. The summed E-state index contributed by atoms with van der Waals surface area (Å²) < 4.78 is 69.9. The van der Waals surface area contributed by atoms with Crippen molar-refractivity contribution in [3.8, 4) is 5.75 Å². The van der Waals surface area contributed by atoms with Crippen LogP contribution < -0.4 is 10.2 Å². The molecule has 2 N–H and O–H groups in total. The Morgan fingerprint density at radius 2 is 2.42 bits per heavy atom. The SMILES string of the molecule is [2H]c1c([2H])c(OC([2H])([2H])[2H])c(B(O)O)c(C([2H])([2H])[2H])c1[2H]. The topological polar surface area (TPSA) is 49.7 Å². The van der Waals surface area contributed by atoms with E-state index < -0.39 is 55.9 Å². The van der Waals surface area contributed by atoms with Crippen LogP contribution in [0.3, 0.4) is 0 Å². The number of benzene rings is 1. The highest BCUT2D eigenvalue weighted by Crippen LogP contribution is 2.09. The van der Waals surface area contributed by atoms with Crippen LogP contribution in [0, 0.1) is 6.85 Å². The van der Waals surface area contributed by atoms with Crippen molar-refractivity contribution in [2.24, 2.45) is 0 Å². The third-order valence-electron chi connectivity index (χ3n) is 1.24. The molecule has 0 fully saturated rings. The Morgan fingerprint density at radius 1 is 1.58 bits per heavy atom. The van der Waals surface area contributed by atoms with Crippen molar-refractivity contribution in [2.75, 3.05) is 7.04 Å². The minimum Gasteiger partial charge on any atom is -0.497 e. The minimum absolute atomic E-state index is 0.884. The van der Waals surface area contributed by atoms with Gasteiger partial charge in [0.2, 0.25) is 0 Å². The van der Waals surface area contributed by atoms with Gasteiger partial charge in [-0.15, -0.1) is 0 Å². The zero-order valence-corrected chi connectivity index (χ0v) is 5.88. The van der Waals surface area contributed by atoms with Gasteiger partial charge in [-0.1, -0.05) is 12.1 Å². The van der Waals surface area contributed by atoms with Gasteiger partial charge >= 0.3 is 7.12 Å². The van der Waals surface area contributed by atoms with Crippen molar-refractivity contribution in [1.29, 1.82) is 0 Å². The monoisotopic (exact) mass is 175 g/mol. The summed E-state index contributed by atoms with van der Waals surface area (Å²) in [6, 6.07) is -2.71. The van der Waals surface area contributed by atoms with E-state index in [1.807, 2.05) is 0 Å². The molecule has 0 aliphatic rings. The second-order valence-electron chi connectivity index (χ2n) is 1.97. The molecule has 0 saturated heterocycles. The molecule has 12 heavy (non-hydrogen) atoms. The zero-order chi connectivity index (χ0) is 16.7. The maximum absolute atomic E-state index is 9.30. The van der Waals surface area contributed by atoms with Gasteiger partial charge in [-0.05, 0) is 18.5 Å². The van der Waals surface area contributed by atoms with Crippen molar-refractivity contribution in [1.82, 2.24) is 0 Å². The summed E-state index contributed by atoms with van der Waals surface area (Å²) in [5, 5.41) is 18.6. The van der Waals surface area contributed by atoms with Crippen molar-refractivity contribution >= 4 is 12.6 Å². The van der Waals surface area contributed by atoms with Gasteiger partial charge < -0.3 is 14.8 Å². The smallest absolute Gasteiger partial charge is 0.492 e. The number of methoxy groups -OCH3 is 1. The normalized spacial score (nSPS) is 22.7. The molecule has 0 aromatic heterocycles. The molecular weight excluding hydrogens is 155 g/mol. The Bertz CT molecular complexity index is 552. The highest BCUT2D eigenvalue weighted by molar-refractivity contribution is 6.60. The highest BCUT2D eigenvalue weighted by atomic mass is 16.5. The molecule has 0 aliphatic carbocycles. The fourth-order valence-corrected chi connectivity index (χ4v) is 0.726. The maximum Gasteiger partial charge on any atom is 0.492 e. The summed E-state index contributed by atoms with van der Waals surface area (Å²) in [6.45, 7) is -3.02. The van der Waals surface area contributed by atoms with Crippen LogP contribution in [0.4, 0.5) is 0 Å². The number of hydrogen-bond acceptors (Lipinski definition) is 3. The first kappa shape index (κ1) is 2.75. The van der Waals surface area contributed by atoms with Crippen molar-refractivity contribution in [2.45, 2.75) is 6.85 Å². The standard InChI is InChI=1S/C8H11BO3/c1-6-4-3-5-7(12-2)8(6)9(10)11/h3-5,10-11H,1-2H3/i1D3,2D3,3D,4D,5D. The third kappa shape index (κ3) is 1.60. The zero-order valence-electron chi connectivity index (χ0n) is 14.9. The average molecular weight is 175 g/mol. The summed E-state index contributed by atoms with van der Waals surface area (Å²) in [6.07, 6.45) is 0. The van der Waals surface area contributed by atoms with E-state index in [2.05, 4.69) is 4.74 Å². The summed E-state index contributed by atoms with van der Waals surface area (Å²) in [4.78, 5) is 0. The lowest BCUT2D eigenvalue weighted by Gasteiger charge is -2.09. The van der Waals surface area contributed by atoms with Gasteiger partial charge in [-0.2, -0.15) is 0 Å². The fourth-order valence-electron chi connectivity index (χ4n) is 0.726. The Labute approximate surface area is 84.4 Å². The van der Waals surface area contributed by atoms with E-state index in [1.54, 1.807) is 0 Å². The predicted octanol–water partition coefficient (Wildman–Crippen LogP) is -0.317. The van der Waals surface area contributed by atoms with Gasteiger partial charge in [0.05, 0.1) is 15.3 Å². The maximum atomic E-state index is 9.30. The lowest BCUT2D eigenvalue weighted by Crippen LogP contribution is -2.33. The van der Waals surface area contributed by atoms with Crippen LogP contribution in [0.1, 0.15) is 17.9 Å². The summed E-state index contributed by atoms with van der Waals surface area (Å²) in [5.74, 6) is -0.961. The van der Waals surface area contributed by atoms with E-state index in [-0.39, 0.29) is 0 Å². The van der Waals surface area contributed by atoms with E-state index in [1.165, 1.54) is 0 Å². The molecule has 0 amide bonds. The molecule has 0 atom stereocenters. The van der Waals surface area contributed by atoms with Gasteiger partial charge in [0.15, 0.2) is 0 Å². The van der Waals surface area contributed by atoms with Crippen LogP contribution in [0.25, 0.3) is 0 Å². The number of ether oxygens (including phenoxy) is 1. The number of rotatable bonds is 2. The van der Waals surface area contributed by atoms with E-state index in [0.717, 1.165) is 0 Å². The lowest BCUT2D eigenvalue weighted by atomic mass is 9.76. The number of hydrogen-bond donors (Lipinski definition) is 2. The molecule has 1 aromatic carbocycles. The molecule has 0 saturated carbocycles. The Balaban J connectivity index is 3.82. The fraction of sp³-hybridized carbons (Fsp3) is 0.250. The quantitative estimate of drug-likeness (QED) is 0.606. The van der Waals surface area contributed by atoms with Crippen LogP contribution >= 0.6 is 0 Å². The Morgan fingerprint density at radius 3 is 3.00 bits per heavy atom. The van der Waals surface area contributed by atoms with E-state index in [4.69, 9.17) is 12.3 Å². The first-order chi connectivity index (χ1) is 9.27. The second kappa shape index (κ2) is 3.60. The average Bonchev–Trinajstić information content (AvgIpc) is 2.25. The first-order valence-corrected chi connectivity index (χ1v) is 2.96. The van der Waals surface area contributed by atoms with Crippen LogP contribution in [0.2, 0.25) is 0 Å². The van der Waals surface area contributed by atoms with Gasteiger partial charge in [0, 0.05) is 9.58 Å².